The van der Waals surface area contributed by atoms with E-state index in [9.17, 15) is 4.79 Å². The summed E-state index contributed by atoms with van der Waals surface area (Å²) in [6.07, 6.45) is 11.7. The van der Waals surface area contributed by atoms with Crippen molar-refractivity contribution in [3.63, 3.8) is 0 Å². The van der Waals surface area contributed by atoms with Crippen LogP contribution >= 0.6 is 0 Å². The lowest BCUT2D eigenvalue weighted by Crippen LogP contribution is -2.45. The van der Waals surface area contributed by atoms with Gasteiger partial charge in [-0.1, -0.05) is 25.7 Å². The van der Waals surface area contributed by atoms with Crippen molar-refractivity contribution in [2.45, 2.75) is 69.9 Å². The molecule has 2 aliphatic heterocycles. The Bertz CT molecular complexity index is 325. The second kappa shape index (κ2) is 7.59. The van der Waals surface area contributed by atoms with E-state index in [4.69, 9.17) is 0 Å². The van der Waals surface area contributed by atoms with E-state index in [1.165, 1.54) is 64.5 Å². The van der Waals surface area contributed by atoms with Crippen molar-refractivity contribution < 1.29 is 4.79 Å². The van der Waals surface area contributed by atoms with Crippen molar-refractivity contribution in [1.29, 1.82) is 0 Å². The molecule has 2 heterocycles. The summed E-state index contributed by atoms with van der Waals surface area (Å²) >= 11 is 0. The zero-order chi connectivity index (χ0) is 14.5. The first-order chi connectivity index (χ1) is 10.3. The number of nitrogens with one attached hydrogen (secondary N) is 2. The number of rotatable bonds is 4. The maximum absolute atomic E-state index is 12.3. The lowest BCUT2D eigenvalue weighted by Gasteiger charge is -2.24. The predicted octanol–water partition coefficient (Wildman–Crippen LogP) is 1.90. The predicted molar refractivity (Wildman–Crippen MR) is 85.2 cm³/mol. The molecule has 1 amide bonds. The van der Waals surface area contributed by atoms with Crippen LogP contribution in [0.25, 0.3) is 0 Å². The van der Waals surface area contributed by atoms with Crippen molar-refractivity contribution in [1.82, 2.24) is 15.5 Å². The number of carbonyl (C=O) groups is 1. The van der Waals surface area contributed by atoms with Crippen LogP contribution in [0.15, 0.2) is 0 Å². The van der Waals surface area contributed by atoms with Crippen LogP contribution in [0.1, 0.15) is 57.8 Å². The summed E-state index contributed by atoms with van der Waals surface area (Å²) in [5.41, 5.74) is 0. The monoisotopic (exact) mass is 293 g/mol. The minimum Gasteiger partial charge on any atom is -0.353 e. The van der Waals surface area contributed by atoms with Crippen LogP contribution in [0, 0.1) is 5.92 Å². The van der Waals surface area contributed by atoms with Gasteiger partial charge in [-0.05, 0) is 51.1 Å². The van der Waals surface area contributed by atoms with Gasteiger partial charge in [-0.15, -0.1) is 0 Å². The number of nitrogens with zero attached hydrogens (tertiary/aromatic N) is 1. The molecule has 2 N–H and O–H groups in total. The summed E-state index contributed by atoms with van der Waals surface area (Å²) in [4.78, 5) is 14.8. The van der Waals surface area contributed by atoms with Crippen LogP contribution in [0.5, 0.6) is 0 Å². The van der Waals surface area contributed by atoms with Gasteiger partial charge in [-0.3, -0.25) is 4.79 Å². The average Bonchev–Trinajstić information content (AvgIpc) is 2.77. The van der Waals surface area contributed by atoms with Gasteiger partial charge in [0.05, 0.1) is 6.04 Å². The fourth-order valence-corrected chi connectivity index (χ4v) is 4.34. The highest BCUT2D eigenvalue weighted by atomic mass is 16.2. The van der Waals surface area contributed by atoms with E-state index in [1.54, 1.807) is 0 Å². The van der Waals surface area contributed by atoms with Crippen LogP contribution in [0.2, 0.25) is 0 Å². The number of fused-ring (bicyclic) bond motifs is 1. The molecule has 2 saturated heterocycles. The van der Waals surface area contributed by atoms with E-state index >= 15 is 0 Å². The summed E-state index contributed by atoms with van der Waals surface area (Å²) < 4.78 is 0. The van der Waals surface area contributed by atoms with E-state index < -0.39 is 0 Å². The van der Waals surface area contributed by atoms with Crippen molar-refractivity contribution in [3.05, 3.63) is 0 Å². The van der Waals surface area contributed by atoms with Crippen LogP contribution in [-0.2, 0) is 4.79 Å². The standard InChI is InChI=1S/C17H31N3O/c21-17(16-13-14-7-3-4-8-15(14)19-16)18-9-12-20-10-5-1-2-6-11-20/h14-16,19H,1-13H2,(H,18,21). The summed E-state index contributed by atoms with van der Waals surface area (Å²) in [5.74, 6) is 0.985. The summed E-state index contributed by atoms with van der Waals surface area (Å²) in [5, 5.41) is 6.72. The number of hydrogen-bond donors (Lipinski definition) is 2. The molecule has 3 aliphatic rings. The second-order valence-corrected chi connectivity index (χ2v) is 7.15. The molecule has 0 spiro atoms. The van der Waals surface area contributed by atoms with Crippen molar-refractivity contribution in [3.8, 4) is 0 Å². The summed E-state index contributed by atoms with van der Waals surface area (Å²) in [6, 6.07) is 0.683. The van der Waals surface area contributed by atoms with Crippen molar-refractivity contribution in [2.24, 2.45) is 5.92 Å². The Kier molecular flexibility index (Phi) is 5.53. The van der Waals surface area contributed by atoms with Crippen LogP contribution in [0.3, 0.4) is 0 Å². The average molecular weight is 293 g/mol. The second-order valence-electron chi connectivity index (χ2n) is 7.15. The molecule has 0 radical (unpaired) electrons. The van der Waals surface area contributed by atoms with Gasteiger partial charge in [-0.2, -0.15) is 0 Å². The normalized spacial score (nSPS) is 34.2. The Morgan fingerprint density at radius 3 is 2.57 bits per heavy atom. The van der Waals surface area contributed by atoms with E-state index in [2.05, 4.69) is 15.5 Å². The van der Waals surface area contributed by atoms with Crippen molar-refractivity contribution in [2.75, 3.05) is 26.2 Å². The van der Waals surface area contributed by atoms with Crippen molar-refractivity contribution >= 4 is 5.91 Å². The summed E-state index contributed by atoms with van der Waals surface area (Å²) in [7, 11) is 0. The Labute approximate surface area is 129 Å². The summed E-state index contributed by atoms with van der Waals surface area (Å²) in [6.45, 7) is 4.25. The molecule has 4 heteroatoms. The maximum atomic E-state index is 12.3. The molecule has 0 bridgehead atoms. The van der Waals surface area contributed by atoms with E-state index in [-0.39, 0.29) is 11.9 Å². The molecule has 3 rings (SSSR count). The lowest BCUT2D eigenvalue weighted by atomic mass is 9.85. The van der Waals surface area contributed by atoms with Gasteiger partial charge in [0.1, 0.15) is 0 Å². The smallest absolute Gasteiger partial charge is 0.237 e. The lowest BCUT2D eigenvalue weighted by molar-refractivity contribution is -0.122. The largest absolute Gasteiger partial charge is 0.353 e. The minimum atomic E-state index is 0.0715. The molecular weight excluding hydrogens is 262 g/mol. The number of amides is 1. The first-order valence-electron chi connectivity index (χ1n) is 9.09. The van der Waals surface area contributed by atoms with Gasteiger partial charge in [0.25, 0.3) is 0 Å². The number of hydrogen-bond acceptors (Lipinski definition) is 3. The van der Waals surface area contributed by atoms with Crippen LogP contribution < -0.4 is 10.6 Å². The molecule has 1 saturated carbocycles. The third-order valence-corrected chi connectivity index (χ3v) is 5.61. The maximum Gasteiger partial charge on any atom is 0.237 e. The molecule has 3 unspecified atom stereocenters. The van der Waals surface area contributed by atoms with Gasteiger partial charge < -0.3 is 15.5 Å². The highest BCUT2D eigenvalue weighted by Crippen LogP contribution is 2.33. The SMILES string of the molecule is O=C(NCCN1CCCCCC1)C1CC2CCCCC2N1. The Balaban J connectivity index is 1.36. The molecule has 4 nitrogen and oxygen atoms in total. The molecular formula is C17H31N3O. The Morgan fingerprint density at radius 2 is 1.81 bits per heavy atom. The van der Waals surface area contributed by atoms with E-state index in [0.29, 0.717) is 6.04 Å². The van der Waals surface area contributed by atoms with Crippen LogP contribution in [-0.4, -0.2) is 49.1 Å². The Hall–Kier alpha value is -0.610. The zero-order valence-electron chi connectivity index (χ0n) is 13.3. The molecule has 0 aromatic carbocycles. The topological polar surface area (TPSA) is 44.4 Å². The van der Waals surface area contributed by atoms with Gasteiger partial charge in [-0.25, -0.2) is 0 Å². The molecule has 3 fully saturated rings. The molecule has 1 aliphatic carbocycles. The molecule has 3 atom stereocenters. The highest BCUT2D eigenvalue weighted by Gasteiger charge is 2.37. The van der Waals surface area contributed by atoms with E-state index in [0.717, 1.165) is 25.4 Å². The number of carbonyl (C=O) groups excluding carboxylic acids is 1. The fourth-order valence-electron chi connectivity index (χ4n) is 4.34. The highest BCUT2D eigenvalue weighted by molar-refractivity contribution is 5.82. The van der Waals surface area contributed by atoms with Gasteiger partial charge in [0.15, 0.2) is 0 Å². The molecule has 0 aromatic rings. The minimum absolute atomic E-state index is 0.0715. The third-order valence-electron chi connectivity index (χ3n) is 5.61. The van der Waals surface area contributed by atoms with Crippen LogP contribution in [0.4, 0.5) is 0 Å². The van der Waals surface area contributed by atoms with Gasteiger partial charge in [0.2, 0.25) is 5.91 Å². The zero-order valence-corrected chi connectivity index (χ0v) is 13.3. The van der Waals surface area contributed by atoms with E-state index in [1.807, 2.05) is 0 Å². The fraction of sp³-hybridized carbons (Fsp3) is 0.941. The molecule has 21 heavy (non-hydrogen) atoms. The quantitative estimate of drug-likeness (QED) is 0.832. The Morgan fingerprint density at radius 1 is 1.05 bits per heavy atom. The number of likely N-dealkylation sites (tertiary alicyclic amines) is 1. The first-order valence-corrected chi connectivity index (χ1v) is 9.09. The van der Waals surface area contributed by atoms with Gasteiger partial charge >= 0.3 is 0 Å². The molecule has 0 aromatic heterocycles. The molecule has 120 valence electrons. The third kappa shape index (κ3) is 4.19. The first kappa shape index (κ1) is 15.3. The van der Waals surface area contributed by atoms with Gasteiger partial charge in [0, 0.05) is 19.1 Å².